The second-order valence-electron chi connectivity index (χ2n) is 6.23. The van der Waals surface area contributed by atoms with Crippen molar-refractivity contribution in [1.29, 1.82) is 0 Å². The van der Waals surface area contributed by atoms with Crippen LogP contribution in [0.25, 0.3) is 22.0 Å². The van der Waals surface area contributed by atoms with Gasteiger partial charge in [0.1, 0.15) is 5.82 Å². The van der Waals surface area contributed by atoms with Crippen LogP contribution in [0.3, 0.4) is 0 Å². The van der Waals surface area contributed by atoms with Crippen LogP contribution in [0.15, 0.2) is 47.3 Å². The minimum absolute atomic E-state index is 0.213. The molecule has 0 unspecified atom stereocenters. The zero-order chi connectivity index (χ0) is 17.8. The van der Waals surface area contributed by atoms with Crippen LogP contribution in [0.1, 0.15) is 30.1 Å². The average molecular weight is 345 g/mol. The van der Waals surface area contributed by atoms with Gasteiger partial charge in [0.25, 0.3) is 5.56 Å². The van der Waals surface area contributed by atoms with Gasteiger partial charge in [0.2, 0.25) is 0 Å². The summed E-state index contributed by atoms with van der Waals surface area (Å²) in [7, 11) is 0. The first-order chi connectivity index (χ1) is 11.8. The Morgan fingerprint density at radius 3 is 2.48 bits per heavy atom. The molecule has 1 aromatic heterocycles. The highest BCUT2D eigenvalue weighted by molar-refractivity contribution is 5.84. The zero-order valence-corrected chi connectivity index (χ0v) is 13.0. The van der Waals surface area contributed by atoms with Gasteiger partial charge in [0.15, 0.2) is 0 Å². The molecule has 7 heteroatoms. The maximum atomic E-state index is 12.9. The second kappa shape index (κ2) is 5.34. The molecule has 4 rings (SSSR count). The molecular weight excluding hydrogens is 331 g/mol. The number of nitrogens with zero attached hydrogens (tertiary/aromatic N) is 2. The minimum atomic E-state index is -4.42. The maximum Gasteiger partial charge on any atom is 0.416 e. The predicted molar refractivity (Wildman–Crippen MR) is 88.6 cm³/mol. The molecule has 1 fully saturated rings. The fourth-order valence-corrected chi connectivity index (χ4v) is 2.90. The van der Waals surface area contributed by atoms with Crippen LogP contribution in [-0.2, 0) is 6.18 Å². The summed E-state index contributed by atoms with van der Waals surface area (Å²) in [6.45, 7) is 0. The minimum Gasteiger partial charge on any atom is -0.335 e. The summed E-state index contributed by atoms with van der Waals surface area (Å²) in [4.78, 5) is 17.0. The molecule has 0 spiro atoms. The number of alkyl halides is 3. The number of fused-ring (bicyclic) bond motifs is 1. The largest absolute Gasteiger partial charge is 0.416 e. The van der Waals surface area contributed by atoms with Crippen molar-refractivity contribution in [1.82, 2.24) is 9.66 Å². The first-order valence-electron chi connectivity index (χ1n) is 7.84. The van der Waals surface area contributed by atoms with Crippen LogP contribution in [0.4, 0.5) is 13.2 Å². The van der Waals surface area contributed by atoms with E-state index in [0.717, 1.165) is 29.7 Å². The molecule has 3 aromatic rings. The van der Waals surface area contributed by atoms with E-state index in [9.17, 15) is 18.0 Å². The Morgan fingerprint density at radius 1 is 1.08 bits per heavy atom. The molecule has 0 saturated heterocycles. The van der Waals surface area contributed by atoms with Crippen molar-refractivity contribution in [2.45, 2.75) is 24.9 Å². The van der Waals surface area contributed by atoms with Crippen LogP contribution < -0.4 is 11.4 Å². The van der Waals surface area contributed by atoms with Gasteiger partial charge >= 0.3 is 6.18 Å². The third-order valence-corrected chi connectivity index (χ3v) is 4.39. The topological polar surface area (TPSA) is 60.9 Å². The average Bonchev–Trinajstić information content (AvgIpc) is 3.42. The molecule has 1 aliphatic rings. The van der Waals surface area contributed by atoms with Gasteiger partial charge in [-0.2, -0.15) is 13.2 Å². The maximum absolute atomic E-state index is 12.9. The highest BCUT2D eigenvalue weighted by Crippen LogP contribution is 2.38. The molecule has 0 aliphatic heterocycles. The summed E-state index contributed by atoms with van der Waals surface area (Å²) in [5, 5.41) is 0.293. The Morgan fingerprint density at radius 2 is 1.80 bits per heavy atom. The van der Waals surface area contributed by atoms with Crippen molar-refractivity contribution in [3.8, 4) is 11.1 Å². The fourth-order valence-electron chi connectivity index (χ4n) is 2.90. The summed E-state index contributed by atoms with van der Waals surface area (Å²) in [6, 6.07) is 9.86. The van der Waals surface area contributed by atoms with Gasteiger partial charge in [-0.1, -0.05) is 18.2 Å². The summed E-state index contributed by atoms with van der Waals surface area (Å²) < 4.78 is 39.8. The lowest BCUT2D eigenvalue weighted by Gasteiger charge is -2.11. The third kappa shape index (κ3) is 2.75. The molecule has 1 heterocycles. The fraction of sp³-hybridized carbons (Fsp3) is 0.222. The summed E-state index contributed by atoms with van der Waals surface area (Å²) in [5.74, 6) is 6.63. The molecule has 0 bridgehead atoms. The van der Waals surface area contributed by atoms with Crippen LogP contribution in [0.5, 0.6) is 0 Å². The predicted octanol–water partition coefficient (Wildman–Crippen LogP) is 3.67. The molecule has 4 nitrogen and oxygen atoms in total. The molecule has 0 amide bonds. The van der Waals surface area contributed by atoms with Gasteiger partial charge in [0.05, 0.1) is 16.5 Å². The van der Waals surface area contributed by atoms with Crippen LogP contribution in [0.2, 0.25) is 0 Å². The van der Waals surface area contributed by atoms with E-state index in [1.807, 2.05) is 0 Å². The van der Waals surface area contributed by atoms with Crippen molar-refractivity contribution in [2.75, 3.05) is 5.84 Å². The molecule has 2 N–H and O–H groups in total. The van der Waals surface area contributed by atoms with Gasteiger partial charge in [-0.25, -0.2) is 9.66 Å². The molecule has 1 aliphatic carbocycles. The van der Waals surface area contributed by atoms with Gasteiger partial charge in [-0.05, 0) is 48.2 Å². The van der Waals surface area contributed by atoms with E-state index in [1.165, 1.54) is 6.07 Å². The number of hydrogen-bond acceptors (Lipinski definition) is 3. The van der Waals surface area contributed by atoms with Gasteiger partial charge < -0.3 is 5.84 Å². The van der Waals surface area contributed by atoms with E-state index in [1.54, 1.807) is 24.3 Å². The van der Waals surface area contributed by atoms with Crippen molar-refractivity contribution in [3.05, 3.63) is 64.2 Å². The number of rotatable bonds is 2. The second-order valence-corrected chi connectivity index (χ2v) is 6.23. The number of hydrogen-bond donors (Lipinski definition) is 1. The van der Waals surface area contributed by atoms with Crippen LogP contribution >= 0.6 is 0 Å². The molecule has 0 radical (unpaired) electrons. The standard InChI is InChI=1S/C18H14F3N3O/c19-18(20,21)13-3-1-2-11(8-13)12-6-7-15-14(9-12)17(25)24(22)16(23-15)10-4-5-10/h1-3,6-10H,4-5,22H2. The summed E-state index contributed by atoms with van der Waals surface area (Å²) >= 11 is 0. The lowest BCUT2D eigenvalue weighted by Crippen LogP contribution is -2.31. The Balaban J connectivity index is 1.86. The van der Waals surface area contributed by atoms with E-state index >= 15 is 0 Å². The van der Waals surface area contributed by atoms with Crippen LogP contribution in [-0.4, -0.2) is 9.66 Å². The highest BCUT2D eigenvalue weighted by Gasteiger charge is 2.31. The Kier molecular flexibility index (Phi) is 3.35. The highest BCUT2D eigenvalue weighted by atomic mass is 19.4. The molecule has 0 atom stereocenters. The lowest BCUT2D eigenvalue weighted by molar-refractivity contribution is -0.137. The summed E-state index contributed by atoms with van der Waals surface area (Å²) in [6.07, 6.45) is -2.51. The van der Waals surface area contributed by atoms with Crippen molar-refractivity contribution >= 4 is 10.9 Å². The van der Waals surface area contributed by atoms with E-state index in [2.05, 4.69) is 4.98 Å². The Labute approximate surface area is 140 Å². The van der Waals surface area contributed by atoms with Crippen molar-refractivity contribution in [3.63, 3.8) is 0 Å². The van der Waals surface area contributed by atoms with Crippen molar-refractivity contribution < 1.29 is 13.2 Å². The van der Waals surface area contributed by atoms with Crippen molar-refractivity contribution in [2.24, 2.45) is 0 Å². The number of halogens is 3. The number of nitrogen functional groups attached to an aromatic ring is 1. The van der Waals surface area contributed by atoms with Gasteiger partial charge in [-0.3, -0.25) is 4.79 Å². The molecule has 25 heavy (non-hydrogen) atoms. The Bertz CT molecular complexity index is 1040. The molecule has 2 aromatic carbocycles. The quantitative estimate of drug-likeness (QED) is 0.721. The smallest absolute Gasteiger partial charge is 0.335 e. The molecule has 128 valence electrons. The number of nitrogens with two attached hydrogens (primary N) is 1. The Hall–Kier alpha value is -2.83. The monoisotopic (exact) mass is 345 g/mol. The SMILES string of the molecule is Nn1c(C2CC2)nc2ccc(-c3cccc(C(F)(F)F)c3)cc2c1=O. The first-order valence-corrected chi connectivity index (χ1v) is 7.84. The molecular formula is C18H14F3N3O. The van der Waals surface area contributed by atoms with Crippen LogP contribution in [0, 0.1) is 0 Å². The molecule has 1 saturated carbocycles. The first kappa shape index (κ1) is 15.7. The van der Waals surface area contributed by atoms with E-state index in [-0.39, 0.29) is 11.5 Å². The van der Waals surface area contributed by atoms with E-state index < -0.39 is 11.7 Å². The lowest BCUT2D eigenvalue weighted by atomic mass is 10.0. The normalized spacial score (nSPS) is 14.8. The van der Waals surface area contributed by atoms with E-state index in [4.69, 9.17) is 5.84 Å². The zero-order valence-electron chi connectivity index (χ0n) is 13.0. The third-order valence-electron chi connectivity index (χ3n) is 4.39. The number of benzene rings is 2. The number of aromatic nitrogens is 2. The summed E-state index contributed by atoms with van der Waals surface area (Å²) in [5.41, 5.74) is 0.274. The van der Waals surface area contributed by atoms with Gasteiger partial charge in [0, 0.05) is 5.92 Å². The van der Waals surface area contributed by atoms with E-state index in [0.29, 0.717) is 27.9 Å². The van der Waals surface area contributed by atoms with Gasteiger partial charge in [-0.15, -0.1) is 0 Å².